The van der Waals surface area contributed by atoms with Gasteiger partial charge in [0.05, 0.1) is 0 Å². The normalized spacial score (nSPS) is 14.7. The molecule has 2 aromatic rings. The monoisotopic (exact) mass is 452 g/mol. The molecule has 0 bridgehead atoms. The van der Waals surface area contributed by atoms with Crippen LogP contribution in [0, 0.1) is 0 Å². The van der Waals surface area contributed by atoms with E-state index in [9.17, 15) is 0 Å². The quantitative estimate of drug-likeness (QED) is 0.323. The van der Waals surface area contributed by atoms with E-state index in [2.05, 4.69) is 43.8 Å². The van der Waals surface area contributed by atoms with E-state index in [1.807, 2.05) is 38.1 Å². The first-order valence-electron chi connectivity index (χ1n) is 8.41. The number of hydrazone groups is 2. The van der Waals surface area contributed by atoms with Crippen molar-refractivity contribution >= 4 is 76.6 Å². The minimum Gasteiger partial charge on any atom is -0.362 e. The molecular weight excluding hydrogens is 432 g/mol. The van der Waals surface area contributed by atoms with Crippen LogP contribution in [0.5, 0.6) is 0 Å². The van der Waals surface area contributed by atoms with Crippen LogP contribution in [0.4, 0.5) is 0 Å². The Morgan fingerprint density at radius 3 is 1.67 bits per heavy atom. The van der Waals surface area contributed by atoms with E-state index in [1.54, 1.807) is 0 Å². The van der Waals surface area contributed by atoms with E-state index in [4.69, 9.17) is 24.4 Å². The molecule has 0 aromatic heterocycles. The van der Waals surface area contributed by atoms with Crippen molar-refractivity contribution in [1.29, 1.82) is 0 Å². The van der Waals surface area contributed by atoms with Gasteiger partial charge in [0.25, 0.3) is 0 Å². The summed E-state index contributed by atoms with van der Waals surface area (Å²) in [5.41, 5.74) is 9.27. The second-order valence-electron chi connectivity index (χ2n) is 5.57. The van der Waals surface area contributed by atoms with Crippen LogP contribution >= 0.6 is 24.4 Å². The standard InChI is InChI=1S/C18H20N6S2.Ga/c1-3-19-17(25)23-21-15-12-9-5-7-11-8-6-10-13(14(11)12)16(15)22-24-18(26)20-4-2;/h5-10H,3-4H2,1-2H3,(H2,19,23,25)(H2,20,24,26);/q;+3/b21-15+,22-16+;/i;1-2. The number of hydrogen-bond donors (Lipinski definition) is 4. The number of thiocarbonyl (C=S) groups is 2. The molecular formula is C18H20GaN6S2+3. The van der Waals surface area contributed by atoms with E-state index >= 15 is 0 Å². The zero-order valence-corrected chi connectivity index (χ0v) is 19.2. The van der Waals surface area contributed by atoms with Crippen LogP contribution in [-0.4, -0.2) is 54.5 Å². The van der Waals surface area contributed by atoms with Crippen molar-refractivity contribution < 1.29 is 0 Å². The molecule has 134 valence electrons. The predicted molar refractivity (Wildman–Crippen MR) is 122 cm³/mol. The Hall–Kier alpha value is -1.94. The van der Waals surface area contributed by atoms with Gasteiger partial charge < -0.3 is 10.6 Å². The molecule has 0 atom stereocenters. The molecule has 0 unspecified atom stereocenters. The van der Waals surface area contributed by atoms with Crippen molar-refractivity contribution in [1.82, 2.24) is 21.5 Å². The fourth-order valence-electron chi connectivity index (χ4n) is 2.83. The predicted octanol–water partition coefficient (Wildman–Crippen LogP) is 1.85. The Kier molecular flexibility index (Phi) is 7.78. The van der Waals surface area contributed by atoms with Gasteiger partial charge in [-0.25, -0.2) is 0 Å². The first-order chi connectivity index (χ1) is 12.7. The summed E-state index contributed by atoms with van der Waals surface area (Å²) in [6.45, 7) is 5.41. The Balaban J connectivity index is 0.00000261. The fraction of sp³-hybridized carbons (Fsp3) is 0.222. The third kappa shape index (κ3) is 4.67. The van der Waals surface area contributed by atoms with Gasteiger partial charge in [-0.05, 0) is 43.7 Å². The molecule has 6 nitrogen and oxygen atoms in total. The van der Waals surface area contributed by atoms with Gasteiger partial charge in [0.15, 0.2) is 10.2 Å². The second kappa shape index (κ2) is 9.84. The Morgan fingerprint density at radius 2 is 1.26 bits per heavy atom. The molecule has 0 saturated carbocycles. The SMILES string of the molecule is CCNC(=S)N/N=C1/C(=N/NC(=S)NCC)c2cccc3cccc1c23.[68Ga+3]. The summed E-state index contributed by atoms with van der Waals surface area (Å²) in [7, 11) is 0. The van der Waals surface area contributed by atoms with Crippen LogP contribution in [0.2, 0.25) is 0 Å². The first-order valence-corrected chi connectivity index (χ1v) is 9.23. The van der Waals surface area contributed by atoms with Crippen LogP contribution in [-0.2, 0) is 0 Å². The van der Waals surface area contributed by atoms with Crippen LogP contribution in [0.25, 0.3) is 10.8 Å². The maximum Gasteiger partial charge on any atom is 3.00 e. The molecule has 2 aromatic carbocycles. The maximum absolute atomic E-state index is 5.22. The molecule has 1 aliphatic rings. The van der Waals surface area contributed by atoms with E-state index in [-0.39, 0.29) is 19.8 Å². The van der Waals surface area contributed by atoms with E-state index < -0.39 is 0 Å². The van der Waals surface area contributed by atoms with Crippen LogP contribution in [0.3, 0.4) is 0 Å². The molecule has 0 aliphatic heterocycles. The molecule has 3 rings (SSSR count). The number of nitrogens with one attached hydrogen (secondary N) is 4. The summed E-state index contributed by atoms with van der Waals surface area (Å²) in [5.74, 6) is 0. The molecule has 0 spiro atoms. The molecule has 27 heavy (non-hydrogen) atoms. The molecule has 0 heterocycles. The number of nitrogens with zero attached hydrogens (tertiary/aromatic N) is 2. The minimum atomic E-state index is 0. The molecule has 0 radical (unpaired) electrons. The summed E-state index contributed by atoms with van der Waals surface area (Å²) in [6, 6.07) is 12.3. The van der Waals surface area contributed by atoms with Crippen molar-refractivity contribution in [3.8, 4) is 0 Å². The average Bonchev–Trinajstić information content (AvgIpc) is 2.94. The maximum atomic E-state index is 5.22. The molecule has 0 amide bonds. The van der Waals surface area contributed by atoms with Crippen molar-refractivity contribution in [3.05, 3.63) is 47.5 Å². The third-order valence-corrected chi connectivity index (χ3v) is 4.32. The van der Waals surface area contributed by atoms with Gasteiger partial charge in [0.2, 0.25) is 0 Å². The van der Waals surface area contributed by atoms with Crippen molar-refractivity contribution in [2.75, 3.05) is 13.1 Å². The van der Waals surface area contributed by atoms with Gasteiger partial charge in [-0.3, -0.25) is 10.9 Å². The first kappa shape index (κ1) is 21.4. The largest absolute Gasteiger partial charge is 3.00 e. The van der Waals surface area contributed by atoms with Gasteiger partial charge in [-0.2, -0.15) is 10.2 Å². The molecule has 0 saturated heterocycles. The van der Waals surface area contributed by atoms with E-state index in [1.165, 1.54) is 0 Å². The van der Waals surface area contributed by atoms with Crippen LogP contribution in [0.15, 0.2) is 46.6 Å². The Morgan fingerprint density at radius 1 is 0.815 bits per heavy atom. The minimum absolute atomic E-state index is 0. The molecule has 9 heteroatoms. The topological polar surface area (TPSA) is 72.8 Å². The number of rotatable bonds is 4. The summed E-state index contributed by atoms with van der Waals surface area (Å²) in [4.78, 5) is 0. The zero-order valence-electron chi connectivity index (χ0n) is 15.2. The molecule has 0 fully saturated rings. The Bertz CT molecular complexity index is 854. The Labute approximate surface area is 182 Å². The molecule has 1 aliphatic carbocycles. The zero-order chi connectivity index (χ0) is 18.5. The number of hydrogen-bond acceptors (Lipinski definition) is 4. The second-order valence-corrected chi connectivity index (χ2v) is 6.39. The number of benzene rings is 2. The molecule has 4 N–H and O–H groups in total. The summed E-state index contributed by atoms with van der Waals surface area (Å²) < 4.78 is 0. The third-order valence-electron chi connectivity index (χ3n) is 3.85. The summed E-state index contributed by atoms with van der Waals surface area (Å²) >= 11 is 10.4. The van der Waals surface area contributed by atoms with Crippen molar-refractivity contribution in [3.63, 3.8) is 0 Å². The summed E-state index contributed by atoms with van der Waals surface area (Å²) in [5, 5.41) is 18.3. The van der Waals surface area contributed by atoms with Crippen molar-refractivity contribution in [2.24, 2.45) is 10.2 Å². The van der Waals surface area contributed by atoms with Gasteiger partial charge in [-0.1, -0.05) is 36.4 Å². The van der Waals surface area contributed by atoms with E-state index in [0.717, 1.165) is 46.4 Å². The van der Waals surface area contributed by atoms with Gasteiger partial charge in [0, 0.05) is 29.6 Å². The van der Waals surface area contributed by atoms with Gasteiger partial charge in [-0.15, -0.1) is 0 Å². The van der Waals surface area contributed by atoms with E-state index in [0.29, 0.717) is 10.2 Å². The summed E-state index contributed by atoms with van der Waals surface area (Å²) in [6.07, 6.45) is 0. The van der Waals surface area contributed by atoms with Crippen LogP contribution < -0.4 is 21.5 Å². The van der Waals surface area contributed by atoms with Gasteiger partial charge >= 0.3 is 19.8 Å². The van der Waals surface area contributed by atoms with Crippen LogP contribution in [0.1, 0.15) is 25.0 Å². The smallest absolute Gasteiger partial charge is 0.362 e. The average molecular weight is 452 g/mol. The van der Waals surface area contributed by atoms with Gasteiger partial charge in [0.1, 0.15) is 11.4 Å². The van der Waals surface area contributed by atoms with Crippen molar-refractivity contribution in [2.45, 2.75) is 13.8 Å². The fourth-order valence-corrected chi connectivity index (χ4v) is 3.21.